The van der Waals surface area contributed by atoms with Gasteiger partial charge >= 0.3 is 0 Å². The van der Waals surface area contributed by atoms with Crippen LogP contribution in [0, 0.1) is 5.92 Å². The summed E-state index contributed by atoms with van der Waals surface area (Å²) in [5, 5.41) is 3.09. The van der Waals surface area contributed by atoms with E-state index in [1.165, 1.54) is 12.1 Å². The number of fused-ring (bicyclic) bond motifs is 3. The number of nitrogens with one attached hydrogen (secondary N) is 1. The van der Waals surface area contributed by atoms with Gasteiger partial charge in [0, 0.05) is 30.1 Å². The van der Waals surface area contributed by atoms with E-state index in [-0.39, 0.29) is 28.3 Å². The average molecular weight is 389 g/mol. The second kappa shape index (κ2) is 6.69. The van der Waals surface area contributed by atoms with Crippen molar-refractivity contribution in [2.45, 2.75) is 23.8 Å². The standard InChI is InChI=1S/C19H23N3O4S/c1-27(24,25)13-2-3-14(15(20)10-13)17-4-5-18(26-17)19(23)21-16-11-22-8-6-12(16)7-9-22/h2-5,10,12,16H,6-9,11,20H2,1H3,(H,21,23)/t16-/m0/s1. The summed E-state index contributed by atoms with van der Waals surface area (Å²) in [7, 11) is -3.33. The van der Waals surface area contributed by atoms with Crippen molar-refractivity contribution in [1.29, 1.82) is 0 Å². The van der Waals surface area contributed by atoms with Crippen molar-refractivity contribution in [2.75, 3.05) is 31.6 Å². The summed E-state index contributed by atoms with van der Waals surface area (Å²) < 4.78 is 29.0. The Balaban J connectivity index is 1.51. The number of piperidine rings is 3. The molecule has 0 aliphatic carbocycles. The van der Waals surface area contributed by atoms with Gasteiger partial charge in [0.25, 0.3) is 5.91 Å². The number of benzene rings is 1. The molecular formula is C19H23N3O4S. The van der Waals surface area contributed by atoms with Crippen molar-refractivity contribution in [2.24, 2.45) is 5.92 Å². The van der Waals surface area contributed by atoms with Crippen LogP contribution in [0.3, 0.4) is 0 Å². The lowest BCUT2D eigenvalue weighted by atomic mass is 9.84. The Kier molecular flexibility index (Phi) is 4.47. The molecule has 4 heterocycles. The lowest BCUT2D eigenvalue weighted by Gasteiger charge is -2.44. The third kappa shape index (κ3) is 3.59. The maximum absolute atomic E-state index is 12.6. The summed E-state index contributed by atoms with van der Waals surface area (Å²) in [4.78, 5) is 15.1. The largest absolute Gasteiger partial charge is 0.451 e. The van der Waals surface area contributed by atoms with E-state index in [0.717, 1.165) is 38.7 Å². The number of hydrogen-bond donors (Lipinski definition) is 2. The second-order valence-electron chi connectivity index (χ2n) is 7.40. The van der Waals surface area contributed by atoms with Crippen LogP contribution in [0.25, 0.3) is 11.3 Å². The van der Waals surface area contributed by atoms with Gasteiger partial charge in [-0.05, 0) is 62.2 Å². The number of hydrogen-bond acceptors (Lipinski definition) is 6. The first-order valence-corrected chi connectivity index (χ1v) is 10.9. The fourth-order valence-electron chi connectivity index (χ4n) is 3.97. The van der Waals surface area contributed by atoms with Crippen LogP contribution in [0.1, 0.15) is 23.4 Å². The van der Waals surface area contributed by atoms with Gasteiger partial charge in [-0.15, -0.1) is 0 Å². The summed E-state index contributed by atoms with van der Waals surface area (Å²) >= 11 is 0. The van der Waals surface area contributed by atoms with E-state index >= 15 is 0 Å². The monoisotopic (exact) mass is 389 g/mol. The fraction of sp³-hybridized carbons (Fsp3) is 0.421. The molecule has 144 valence electrons. The molecule has 1 aromatic carbocycles. The summed E-state index contributed by atoms with van der Waals surface area (Å²) in [5.74, 6) is 0.971. The summed E-state index contributed by atoms with van der Waals surface area (Å²) in [6, 6.07) is 7.94. The maximum Gasteiger partial charge on any atom is 0.287 e. The Morgan fingerprint density at radius 2 is 1.96 bits per heavy atom. The zero-order valence-electron chi connectivity index (χ0n) is 15.1. The number of sulfone groups is 1. The topological polar surface area (TPSA) is 106 Å². The number of furan rings is 1. The van der Waals surface area contributed by atoms with Gasteiger partial charge in [0.1, 0.15) is 5.76 Å². The predicted molar refractivity (Wildman–Crippen MR) is 102 cm³/mol. The van der Waals surface area contributed by atoms with Gasteiger partial charge in [-0.2, -0.15) is 0 Å². The SMILES string of the molecule is CS(=O)(=O)c1ccc(-c2ccc(C(=O)N[C@H]3CN4CCC3CC4)o2)c(N)c1. The van der Waals surface area contributed by atoms with Crippen LogP contribution in [0.15, 0.2) is 39.6 Å². The number of carbonyl (C=O) groups excluding carboxylic acids is 1. The number of nitrogen functional groups attached to an aromatic ring is 1. The van der Waals surface area contributed by atoms with Crippen molar-refractivity contribution >= 4 is 21.4 Å². The molecule has 0 unspecified atom stereocenters. The molecule has 0 saturated carbocycles. The maximum atomic E-state index is 12.6. The lowest BCUT2D eigenvalue weighted by molar-refractivity contribution is 0.0606. The van der Waals surface area contributed by atoms with Crippen LogP contribution in [0.2, 0.25) is 0 Å². The van der Waals surface area contributed by atoms with Crippen molar-refractivity contribution in [3.05, 3.63) is 36.1 Å². The molecule has 7 nitrogen and oxygen atoms in total. The average Bonchev–Trinajstić information content (AvgIpc) is 3.12. The molecule has 3 saturated heterocycles. The molecule has 0 radical (unpaired) electrons. The highest BCUT2D eigenvalue weighted by molar-refractivity contribution is 7.90. The first kappa shape index (κ1) is 18.1. The minimum atomic E-state index is -3.33. The number of nitrogens with two attached hydrogens (primary N) is 1. The van der Waals surface area contributed by atoms with Crippen molar-refractivity contribution in [1.82, 2.24) is 10.2 Å². The lowest BCUT2D eigenvalue weighted by Crippen LogP contribution is -2.57. The molecule has 3 fully saturated rings. The van der Waals surface area contributed by atoms with Gasteiger partial charge in [-0.1, -0.05) is 0 Å². The number of anilines is 1. The number of carbonyl (C=O) groups is 1. The summed E-state index contributed by atoms with van der Waals surface area (Å²) in [6.07, 6.45) is 3.38. The smallest absolute Gasteiger partial charge is 0.287 e. The number of amides is 1. The quantitative estimate of drug-likeness (QED) is 0.772. The van der Waals surface area contributed by atoms with E-state index in [2.05, 4.69) is 10.2 Å². The molecule has 2 bridgehead atoms. The van der Waals surface area contributed by atoms with Crippen molar-refractivity contribution in [3.8, 4) is 11.3 Å². The molecule has 1 aromatic heterocycles. The van der Waals surface area contributed by atoms with E-state index in [1.54, 1.807) is 18.2 Å². The Morgan fingerprint density at radius 3 is 2.56 bits per heavy atom. The molecule has 3 N–H and O–H groups in total. The van der Waals surface area contributed by atoms with Crippen LogP contribution >= 0.6 is 0 Å². The first-order valence-electron chi connectivity index (χ1n) is 9.04. The molecule has 3 aliphatic heterocycles. The van der Waals surface area contributed by atoms with Crippen LogP contribution in [0.5, 0.6) is 0 Å². The van der Waals surface area contributed by atoms with Crippen molar-refractivity contribution < 1.29 is 17.6 Å². The molecule has 5 rings (SSSR count). The van der Waals surface area contributed by atoms with Crippen LogP contribution in [-0.4, -0.2) is 51.2 Å². The van der Waals surface area contributed by atoms with E-state index in [9.17, 15) is 13.2 Å². The molecule has 2 aromatic rings. The van der Waals surface area contributed by atoms with Gasteiger partial charge in [-0.25, -0.2) is 8.42 Å². The van der Waals surface area contributed by atoms with Gasteiger partial charge < -0.3 is 20.4 Å². The van der Waals surface area contributed by atoms with Crippen LogP contribution in [0.4, 0.5) is 5.69 Å². The van der Waals surface area contributed by atoms with Crippen LogP contribution < -0.4 is 11.1 Å². The Labute approximate surface area is 158 Å². The molecule has 27 heavy (non-hydrogen) atoms. The summed E-state index contributed by atoms with van der Waals surface area (Å²) in [6.45, 7) is 3.12. The zero-order chi connectivity index (χ0) is 19.2. The normalized spacial score (nSPS) is 24.7. The minimum Gasteiger partial charge on any atom is -0.451 e. The molecule has 3 aliphatic rings. The van der Waals surface area contributed by atoms with E-state index in [0.29, 0.717) is 17.2 Å². The number of rotatable bonds is 4. The minimum absolute atomic E-state index is 0.149. The van der Waals surface area contributed by atoms with E-state index in [4.69, 9.17) is 10.2 Å². The number of nitrogens with zero attached hydrogens (tertiary/aromatic N) is 1. The van der Waals surface area contributed by atoms with Gasteiger partial charge in [-0.3, -0.25) is 4.79 Å². The zero-order valence-corrected chi connectivity index (χ0v) is 16.0. The van der Waals surface area contributed by atoms with E-state index in [1.807, 2.05) is 0 Å². The van der Waals surface area contributed by atoms with Gasteiger partial charge in [0.2, 0.25) is 0 Å². The molecule has 8 heteroatoms. The molecule has 1 amide bonds. The van der Waals surface area contributed by atoms with Crippen molar-refractivity contribution in [3.63, 3.8) is 0 Å². The first-order chi connectivity index (χ1) is 12.8. The highest BCUT2D eigenvalue weighted by Crippen LogP contribution is 2.31. The third-order valence-corrected chi connectivity index (χ3v) is 6.63. The molecule has 0 spiro atoms. The third-order valence-electron chi connectivity index (χ3n) is 5.52. The Hall–Kier alpha value is -2.32. The highest BCUT2D eigenvalue weighted by Gasteiger charge is 2.35. The van der Waals surface area contributed by atoms with Gasteiger partial charge in [0.15, 0.2) is 15.6 Å². The summed E-state index contributed by atoms with van der Waals surface area (Å²) in [5.41, 5.74) is 6.84. The van der Waals surface area contributed by atoms with Gasteiger partial charge in [0.05, 0.1) is 4.90 Å². The molecular weight excluding hydrogens is 366 g/mol. The highest BCUT2D eigenvalue weighted by atomic mass is 32.2. The predicted octanol–water partition coefficient (Wildman–Crippen LogP) is 1.76. The van der Waals surface area contributed by atoms with Crippen LogP contribution in [-0.2, 0) is 9.84 Å². The van der Waals surface area contributed by atoms with E-state index < -0.39 is 9.84 Å². The fourth-order valence-corrected chi connectivity index (χ4v) is 4.62. The Morgan fingerprint density at radius 1 is 1.22 bits per heavy atom. The Bertz CT molecular complexity index is 975. The second-order valence-corrected chi connectivity index (χ2v) is 9.42. The molecule has 1 atom stereocenters.